The van der Waals surface area contributed by atoms with Crippen LogP contribution < -0.4 is 16.4 Å². The fraction of sp³-hybridized carbons (Fsp3) is 0.182. The average Bonchev–Trinajstić information content (AvgIpc) is 2.51. The third-order valence-electron chi connectivity index (χ3n) is 3.07. The van der Waals surface area contributed by atoms with Crippen molar-refractivity contribution in [3.05, 3.63) is 18.2 Å². The van der Waals surface area contributed by atoms with Crippen molar-refractivity contribution in [2.45, 2.75) is 9.79 Å². The molecule has 0 aliphatic heterocycles. The second kappa shape index (κ2) is 8.00. The Morgan fingerprint density at radius 1 is 0.897 bits per heavy atom. The van der Waals surface area contributed by atoms with Crippen molar-refractivity contribution in [3.8, 4) is 0 Å². The molecule has 18 heteroatoms. The molecule has 0 spiro atoms. The Hall–Kier alpha value is -2.64. The summed E-state index contributed by atoms with van der Waals surface area (Å²) in [7, 11) is -13.8. The van der Waals surface area contributed by atoms with E-state index in [1.165, 1.54) is 0 Å². The first-order valence-corrected chi connectivity index (χ1v) is 11.7. The number of aromatic nitrogens is 3. The molecule has 0 radical (unpaired) electrons. The molecular weight excluding hydrogens is 456 g/mol. The Morgan fingerprint density at radius 2 is 1.52 bits per heavy atom. The lowest BCUT2D eigenvalue weighted by molar-refractivity contribution is 0.479. The summed E-state index contributed by atoms with van der Waals surface area (Å²) >= 11 is 0. The molecule has 15 nitrogen and oxygen atoms in total. The third kappa shape index (κ3) is 6.73. The van der Waals surface area contributed by atoms with Gasteiger partial charge in [0, 0.05) is 6.54 Å². The summed E-state index contributed by atoms with van der Waals surface area (Å²) in [6.07, 6.45) is 0. The highest BCUT2D eigenvalue weighted by molar-refractivity contribution is 7.86. The maximum Gasteiger partial charge on any atom is 0.296 e. The molecule has 29 heavy (non-hydrogen) atoms. The van der Waals surface area contributed by atoms with Gasteiger partial charge < -0.3 is 16.4 Å². The molecule has 0 saturated carbocycles. The molecule has 0 fully saturated rings. The Bertz CT molecular complexity index is 1240. The van der Waals surface area contributed by atoms with Gasteiger partial charge in [-0.2, -0.15) is 40.2 Å². The molecule has 1 heterocycles. The van der Waals surface area contributed by atoms with Gasteiger partial charge in [-0.05, 0) is 18.2 Å². The number of nitrogen functional groups attached to an aromatic ring is 1. The lowest BCUT2D eigenvalue weighted by Gasteiger charge is -2.12. The summed E-state index contributed by atoms with van der Waals surface area (Å²) in [5.41, 5.74) is 4.96. The minimum absolute atomic E-state index is 0.261. The van der Waals surface area contributed by atoms with E-state index in [2.05, 4.69) is 25.6 Å². The highest BCUT2D eigenvalue weighted by Gasteiger charge is 2.21. The van der Waals surface area contributed by atoms with E-state index in [1.807, 2.05) is 0 Å². The maximum atomic E-state index is 11.5. The van der Waals surface area contributed by atoms with Crippen molar-refractivity contribution in [2.75, 3.05) is 28.7 Å². The van der Waals surface area contributed by atoms with Crippen LogP contribution in [-0.2, 0) is 30.4 Å². The van der Waals surface area contributed by atoms with Crippen LogP contribution in [0.2, 0.25) is 0 Å². The lowest BCUT2D eigenvalue weighted by atomic mass is 10.3. The van der Waals surface area contributed by atoms with Gasteiger partial charge in [-0.1, -0.05) is 0 Å². The molecule has 160 valence electrons. The van der Waals surface area contributed by atoms with Gasteiger partial charge in [0.05, 0.1) is 16.3 Å². The zero-order chi connectivity index (χ0) is 22.0. The Kier molecular flexibility index (Phi) is 6.25. The van der Waals surface area contributed by atoms with Gasteiger partial charge in [-0.3, -0.25) is 13.7 Å². The minimum atomic E-state index is -4.82. The number of anilines is 4. The van der Waals surface area contributed by atoms with Gasteiger partial charge in [-0.25, -0.2) is 0 Å². The first-order chi connectivity index (χ1) is 13.1. The average molecular weight is 470 g/mol. The summed E-state index contributed by atoms with van der Waals surface area (Å²) in [5, 5.41) is 4.74. The van der Waals surface area contributed by atoms with Crippen LogP contribution in [-0.4, -0.2) is 66.2 Å². The van der Waals surface area contributed by atoms with E-state index in [0.29, 0.717) is 6.07 Å². The quantitative estimate of drug-likeness (QED) is 0.253. The molecular formula is C11H14N6O9S3. The fourth-order valence-electron chi connectivity index (χ4n) is 1.93. The van der Waals surface area contributed by atoms with Crippen molar-refractivity contribution < 1.29 is 38.9 Å². The predicted molar refractivity (Wildman–Crippen MR) is 98.5 cm³/mol. The van der Waals surface area contributed by atoms with Gasteiger partial charge in [-0.15, -0.1) is 0 Å². The largest absolute Gasteiger partial charge is 0.368 e. The summed E-state index contributed by atoms with van der Waals surface area (Å²) in [4.78, 5) is 9.62. The zero-order valence-corrected chi connectivity index (χ0v) is 16.5. The van der Waals surface area contributed by atoms with Crippen molar-refractivity contribution in [3.63, 3.8) is 0 Å². The smallest absolute Gasteiger partial charge is 0.296 e. The molecule has 0 aliphatic carbocycles. The highest BCUT2D eigenvalue weighted by atomic mass is 32.2. The van der Waals surface area contributed by atoms with Gasteiger partial charge in [0.25, 0.3) is 30.4 Å². The summed E-state index contributed by atoms with van der Waals surface area (Å²) in [6, 6.07) is 2.16. The SMILES string of the molecule is Nc1nc(NCCS(=O)(=O)O)nc(Nc2cc(S(=O)(=O)O)ccc2S(=O)(=O)O)n1. The van der Waals surface area contributed by atoms with Crippen molar-refractivity contribution in [2.24, 2.45) is 0 Å². The van der Waals surface area contributed by atoms with Crippen molar-refractivity contribution in [1.29, 1.82) is 0 Å². The highest BCUT2D eigenvalue weighted by Crippen LogP contribution is 2.27. The van der Waals surface area contributed by atoms with E-state index in [9.17, 15) is 29.8 Å². The van der Waals surface area contributed by atoms with Gasteiger partial charge in [0.2, 0.25) is 17.8 Å². The molecule has 2 rings (SSSR count). The third-order valence-corrected chi connectivity index (χ3v) is 5.55. The van der Waals surface area contributed by atoms with Crippen LogP contribution in [0.3, 0.4) is 0 Å². The van der Waals surface area contributed by atoms with Crippen LogP contribution in [0, 0.1) is 0 Å². The van der Waals surface area contributed by atoms with E-state index in [-0.39, 0.29) is 12.5 Å². The molecule has 2 aromatic rings. The van der Waals surface area contributed by atoms with E-state index >= 15 is 0 Å². The number of nitrogens with zero attached hydrogens (tertiary/aromatic N) is 3. The van der Waals surface area contributed by atoms with E-state index in [1.54, 1.807) is 0 Å². The maximum absolute atomic E-state index is 11.5. The second-order valence-electron chi connectivity index (χ2n) is 5.29. The minimum Gasteiger partial charge on any atom is -0.368 e. The predicted octanol–water partition coefficient (Wildman–Crippen LogP) is -1.01. The van der Waals surface area contributed by atoms with Crippen LogP contribution >= 0.6 is 0 Å². The Balaban J connectivity index is 2.42. The molecule has 0 aliphatic rings. The van der Waals surface area contributed by atoms with Crippen LogP contribution in [0.15, 0.2) is 28.0 Å². The molecule has 0 bridgehead atoms. The molecule has 0 unspecified atom stereocenters. The van der Waals surface area contributed by atoms with E-state index in [4.69, 9.17) is 14.8 Å². The topological polar surface area (TPSA) is 252 Å². The molecule has 0 atom stereocenters. The van der Waals surface area contributed by atoms with E-state index < -0.39 is 63.5 Å². The summed E-state index contributed by atoms with van der Waals surface area (Å²) < 4.78 is 94.1. The number of rotatable bonds is 8. The summed E-state index contributed by atoms with van der Waals surface area (Å²) in [5.74, 6) is -1.74. The number of nitrogens with one attached hydrogen (secondary N) is 2. The molecule has 1 aromatic heterocycles. The second-order valence-corrected chi connectivity index (χ2v) is 9.67. The zero-order valence-electron chi connectivity index (χ0n) is 14.1. The number of benzene rings is 1. The standard InChI is InChI=1S/C11H14N6O9S3/c12-9-15-10(13-3-4-27(18,19)20)17-11(16-9)14-7-5-6(28(21,22)23)1-2-8(7)29(24,25)26/h1-2,5H,3-4H2,(H,18,19,20)(H,21,22,23)(H,24,25,26)(H4,12,13,14,15,16,17). The molecule has 7 N–H and O–H groups in total. The summed E-state index contributed by atoms with van der Waals surface area (Å²) in [6.45, 7) is -0.309. The van der Waals surface area contributed by atoms with Gasteiger partial charge in [0.1, 0.15) is 4.90 Å². The normalized spacial score (nSPS) is 12.5. The lowest BCUT2D eigenvalue weighted by Crippen LogP contribution is -2.17. The van der Waals surface area contributed by atoms with E-state index in [0.717, 1.165) is 12.1 Å². The Labute approximate surface area is 164 Å². The van der Waals surface area contributed by atoms with Crippen LogP contribution in [0.25, 0.3) is 0 Å². The first-order valence-electron chi connectivity index (χ1n) is 7.22. The number of nitrogens with two attached hydrogens (primary N) is 1. The van der Waals surface area contributed by atoms with Gasteiger partial charge in [0.15, 0.2) is 0 Å². The molecule has 0 amide bonds. The van der Waals surface area contributed by atoms with Crippen LogP contribution in [0.5, 0.6) is 0 Å². The van der Waals surface area contributed by atoms with Crippen molar-refractivity contribution >= 4 is 53.9 Å². The van der Waals surface area contributed by atoms with Crippen molar-refractivity contribution in [1.82, 2.24) is 15.0 Å². The van der Waals surface area contributed by atoms with Crippen LogP contribution in [0.1, 0.15) is 0 Å². The van der Waals surface area contributed by atoms with Gasteiger partial charge >= 0.3 is 0 Å². The Morgan fingerprint density at radius 3 is 2.07 bits per heavy atom. The number of hydrogen-bond donors (Lipinski definition) is 6. The first kappa shape index (κ1) is 22.6. The number of hydrogen-bond acceptors (Lipinski definition) is 12. The fourth-order valence-corrected chi connectivity index (χ4v) is 3.43. The monoisotopic (exact) mass is 470 g/mol. The molecule has 0 saturated heterocycles. The van der Waals surface area contributed by atoms with Crippen LogP contribution in [0.4, 0.5) is 23.5 Å². The molecule has 1 aromatic carbocycles.